The minimum absolute atomic E-state index is 0.262. The molecule has 0 aliphatic heterocycles. The highest BCUT2D eigenvalue weighted by Gasteiger charge is 2.31. The molecule has 102 valence electrons. The third-order valence-corrected chi connectivity index (χ3v) is 3.07. The lowest BCUT2D eigenvalue weighted by atomic mass is 10.2. The lowest BCUT2D eigenvalue weighted by molar-refractivity contribution is -0.137. The van der Waals surface area contributed by atoms with E-state index in [1.807, 2.05) is 0 Å². The molecule has 0 aliphatic rings. The molecule has 2 rings (SSSR count). The second-order valence-corrected chi connectivity index (χ2v) is 5.47. The molecule has 1 unspecified atom stereocenters. The lowest BCUT2D eigenvalue weighted by Crippen LogP contribution is -2.06. The van der Waals surface area contributed by atoms with Gasteiger partial charge in [0.1, 0.15) is 5.69 Å². The quantitative estimate of drug-likeness (QED) is 0.751. The van der Waals surface area contributed by atoms with Gasteiger partial charge in [-0.2, -0.15) is 13.2 Å². The van der Waals surface area contributed by atoms with E-state index >= 15 is 0 Å². The Labute approximate surface area is 120 Å². The second-order valence-electron chi connectivity index (χ2n) is 3.90. The largest absolute Gasteiger partial charge is 0.416 e. The summed E-state index contributed by atoms with van der Waals surface area (Å²) < 4.78 is 39.7. The van der Waals surface area contributed by atoms with Gasteiger partial charge in [-0.1, -0.05) is 21.1 Å². The van der Waals surface area contributed by atoms with Crippen molar-refractivity contribution in [2.75, 3.05) is 0 Å². The van der Waals surface area contributed by atoms with Crippen LogP contribution in [0.2, 0.25) is 0 Å². The minimum Gasteiger partial charge on any atom is -0.220 e. The fourth-order valence-corrected chi connectivity index (χ4v) is 2.04. The van der Waals surface area contributed by atoms with Crippen LogP contribution in [0.3, 0.4) is 0 Å². The molecule has 0 aliphatic carbocycles. The molecule has 1 atom stereocenters. The molecular weight excluding hydrogens is 346 g/mol. The van der Waals surface area contributed by atoms with E-state index in [-0.39, 0.29) is 11.1 Å². The number of alkyl halides is 4. The van der Waals surface area contributed by atoms with Crippen molar-refractivity contribution in [3.8, 4) is 5.69 Å². The number of halogens is 5. The van der Waals surface area contributed by atoms with Crippen LogP contribution in [0.25, 0.3) is 5.69 Å². The molecule has 0 saturated heterocycles. The Kier molecular flexibility index (Phi) is 3.87. The summed E-state index contributed by atoms with van der Waals surface area (Å²) in [7, 11) is 0. The van der Waals surface area contributed by atoms with Crippen LogP contribution >= 0.6 is 27.5 Å². The summed E-state index contributed by atoms with van der Waals surface area (Å²) in [6.07, 6.45) is -2.92. The van der Waals surface area contributed by atoms with Gasteiger partial charge >= 0.3 is 6.18 Å². The van der Waals surface area contributed by atoms with E-state index in [1.54, 1.807) is 6.92 Å². The van der Waals surface area contributed by atoms with Crippen molar-refractivity contribution in [1.29, 1.82) is 0 Å². The van der Waals surface area contributed by atoms with E-state index < -0.39 is 11.7 Å². The zero-order valence-corrected chi connectivity index (χ0v) is 12.0. The molecule has 8 heteroatoms. The van der Waals surface area contributed by atoms with Crippen LogP contribution in [0.4, 0.5) is 13.2 Å². The molecule has 0 bridgehead atoms. The van der Waals surface area contributed by atoms with Crippen molar-refractivity contribution in [1.82, 2.24) is 15.0 Å². The van der Waals surface area contributed by atoms with E-state index in [0.29, 0.717) is 10.2 Å². The van der Waals surface area contributed by atoms with E-state index in [4.69, 9.17) is 11.6 Å². The first kappa shape index (κ1) is 14.3. The van der Waals surface area contributed by atoms with Crippen LogP contribution in [-0.4, -0.2) is 15.0 Å². The third-order valence-electron chi connectivity index (χ3n) is 2.39. The lowest BCUT2D eigenvalue weighted by Gasteiger charge is -2.09. The first-order chi connectivity index (χ1) is 8.77. The number of hydrogen-bond acceptors (Lipinski definition) is 2. The zero-order valence-electron chi connectivity index (χ0n) is 9.62. The molecule has 2 aromatic rings. The van der Waals surface area contributed by atoms with Crippen LogP contribution in [0.5, 0.6) is 0 Å². The van der Waals surface area contributed by atoms with Crippen LogP contribution < -0.4 is 0 Å². The van der Waals surface area contributed by atoms with Gasteiger partial charge in [0, 0.05) is 4.47 Å². The van der Waals surface area contributed by atoms with Crippen molar-refractivity contribution < 1.29 is 13.2 Å². The molecule has 0 radical (unpaired) electrons. The van der Waals surface area contributed by atoms with Gasteiger partial charge in [0.2, 0.25) is 0 Å². The van der Waals surface area contributed by atoms with E-state index in [9.17, 15) is 13.2 Å². The van der Waals surface area contributed by atoms with Gasteiger partial charge in [-0.15, -0.1) is 16.7 Å². The molecule has 0 fully saturated rings. The number of hydrogen-bond donors (Lipinski definition) is 0. The molecule has 0 amide bonds. The predicted molar refractivity (Wildman–Crippen MR) is 68.3 cm³/mol. The Morgan fingerprint density at radius 3 is 2.53 bits per heavy atom. The van der Waals surface area contributed by atoms with Crippen molar-refractivity contribution >= 4 is 27.5 Å². The molecule has 1 aromatic carbocycles. The summed E-state index contributed by atoms with van der Waals surface area (Å²) in [6.45, 7) is 1.71. The maximum atomic E-state index is 12.7. The molecule has 1 aromatic heterocycles. The molecule has 19 heavy (non-hydrogen) atoms. The first-order valence-electron chi connectivity index (χ1n) is 5.22. The zero-order chi connectivity index (χ0) is 14.2. The fourth-order valence-electron chi connectivity index (χ4n) is 1.46. The van der Waals surface area contributed by atoms with Gasteiger partial charge in [0.05, 0.1) is 22.8 Å². The SMILES string of the molecule is CC(Cl)c1cn(-c2cc(Br)cc(C(F)(F)F)c2)nn1. The Bertz CT molecular complexity index is 595. The van der Waals surface area contributed by atoms with Crippen LogP contribution in [-0.2, 0) is 6.18 Å². The van der Waals surface area contributed by atoms with Crippen LogP contribution in [0.1, 0.15) is 23.6 Å². The van der Waals surface area contributed by atoms with Gasteiger partial charge < -0.3 is 0 Å². The number of benzene rings is 1. The average Bonchev–Trinajstić information content (AvgIpc) is 2.76. The molecule has 3 nitrogen and oxygen atoms in total. The van der Waals surface area contributed by atoms with E-state index in [1.165, 1.54) is 16.9 Å². The van der Waals surface area contributed by atoms with Gasteiger partial charge in [0.15, 0.2) is 0 Å². The van der Waals surface area contributed by atoms with Crippen molar-refractivity contribution in [2.24, 2.45) is 0 Å². The third kappa shape index (κ3) is 3.27. The fraction of sp³-hybridized carbons (Fsp3) is 0.273. The summed E-state index contributed by atoms with van der Waals surface area (Å²) in [6, 6.07) is 3.53. The molecule has 0 saturated carbocycles. The van der Waals surface area contributed by atoms with Gasteiger partial charge in [-0.25, -0.2) is 4.68 Å². The molecule has 0 N–H and O–H groups in total. The van der Waals surface area contributed by atoms with Crippen LogP contribution in [0, 0.1) is 0 Å². The standard InChI is InChI=1S/C11H8BrClF3N3/c1-6(13)10-5-19(18-17-10)9-3-7(11(14,15)16)2-8(12)4-9/h2-6H,1H3. The van der Waals surface area contributed by atoms with E-state index in [0.717, 1.165) is 12.1 Å². The Morgan fingerprint density at radius 2 is 2.00 bits per heavy atom. The average molecular weight is 355 g/mol. The summed E-state index contributed by atoms with van der Waals surface area (Å²) >= 11 is 8.88. The second kappa shape index (κ2) is 5.13. The van der Waals surface area contributed by atoms with Gasteiger partial charge in [-0.3, -0.25) is 0 Å². The highest BCUT2D eigenvalue weighted by atomic mass is 79.9. The normalized spacial score (nSPS) is 13.6. The highest BCUT2D eigenvalue weighted by Crippen LogP contribution is 2.33. The van der Waals surface area contributed by atoms with E-state index in [2.05, 4.69) is 26.2 Å². The summed E-state index contributed by atoms with van der Waals surface area (Å²) in [5.41, 5.74) is 0.000754. The summed E-state index contributed by atoms with van der Waals surface area (Å²) in [4.78, 5) is 0. The van der Waals surface area contributed by atoms with Crippen molar-refractivity contribution in [3.63, 3.8) is 0 Å². The maximum Gasteiger partial charge on any atom is 0.416 e. The Balaban J connectivity index is 2.47. The van der Waals surface area contributed by atoms with Crippen molar-refractivity contribution in [3.05, 3.63) is 40.1 Å². The summed E-state index contributed by atoms with van der Waals surface area (Å²) in [5.74, 6) is 0. The number of aromatic nitrogens is 3. The minimum atomic E-state index is -4.41. The first-order valence-corrected chi connectivity index (χ1v) is 6.45. The van der Waals surface area contributed by atoms with Crippen molar-refractivity contribution in [2.45, 2.75) is 18.5 Å². The number of nitrogens with zero attached hydrogens (tertiary/aromatic N) is 3. The molecule has 1 heterocycles. The van der Waals surface area contributed by atoms with Gasteiger partial charge in [0.25, 0.3) is 0 Å². The molecular formula is C11H8BrClF3N3. The highest BCUT2D eigenvalue weighted by molar-refractivity contribution is 9.10. The Morgan fingerprint density at radius 1 is 1.32 bits per heavy atom. The monoisotopic (exact) mass is 353 g/mol. The van der Waals surface area contributed by atoms with Gasteiger partial charge in [-0.05, 0) is 25.1 Å². The smallest absolute Gasteiger partial charge is 0.220 e. The predicted octanol–water partition coefficient (Wildman–Crippen LogP) is 4.35. The van der Waals surface area contributed by atoms with Crippen LogP contribution in [0.15, 0.2) is 28.9 Å². The summed E-state index contributed by atoms with van der Waals surface area (Å²) in [5, 5.41) is 7.21. The Hall–Kier alpha value is -1.08. The maximum absolute atomic E-state index is 12.7. The number of rotatable bonds is 2. The topological polar surface area (TPSA) is 30.7 Å². The molecule has 0 spiro atoms.